The fourth-order valence-electron chi connectivity index (χ4n) is 1.82. The molecule has 0 saturated heterocycles. The maximum absolute atomic E-state index is 12.0. The Hall–Kier alpha value is -2.48. The van der Waals surface area contributed by atoms with Gasteiger partial charge in [0.25, 0.3) is 5.91 Å². The smallest absolute Gasteiger partial charge is 0.251 e. The molecule has 0 bridgehead atoms. The molecule has 3 N–H and O–H groups in total. The predicted molar refractivity (Wildman–Crippen MR) is 76.4 cm³/mol. The maximum atomic E-state index is 12.0. The van der Waals surface area contributed by atoms with Crippen molar-refractivity contribution in [2.75, 3.05) is 12.3 Å². The zero-order valence-electron chi connectivity index (χ0n) is 10.5. The van der Waals surface area contributed by atoms with Crippen LogP contribution in [0.25, 0.3) is 10.2 Å². The minimum atomic E-state index is -0.126. The van der Waals surface area contributed by atoms with Crippen LogP contribution in [-0.2, 0) is 6.54 Å². The number of hydrogen-bond acceptors (Lipinski definition) is 6. The first kappa shape index (κ1) is 12.5. The molecule has 1 amide bonds. The highest BCUT2D eigenvalue weighted by Crippen LogP contribution is 2.24. The van der Waals surface area contributed by atoms with E-state index in [1.54, 1.807) is 35.3 Å². The average Bonchev–Trinajstić information content (AvgIpc) is 3.05. The molecule has 3 aromatic rings. The van der Waals surface area contributed by atoms with Gasteiger partial charge in [-0.05, 0) is 18.2 Å². The van der Waals surface area contributed by atoms with E-state index in [-0.39, 0.29) is 5.91 Å². The largest absolute Gasteiger partial charge is 0.375 e. The number of amides is 1. The third kappa shape index (κ3) is 2.59. The van der Waals surface area contributed by atoms with Gasteiger partial charge in [-0.2, -0.15) is 0 Å². The van der Waals surface area contributed by atoms with E-state index in [1.807, 2.05) is 0 Å². The third-order valence-electron chi connectivity index (χ3n) is 2.77. The molecule has 0 atom stereocenters. The Morgan fingerprint density at radius 1 is 1.45 bits per heavy atom. The number of carbonyl (C=O) groups excluding carboxylic acids is 1. The highest BCUT2D eigenvalue weighted by molar-refractivity contribution is 7.22. The lowest BCUT2D eigenvalue weighted by Gasteiger charge is -2.05. The molecule has 20 heavy (non-hydrogen) atoms. The molecule has 0 spiro atoms. The molecule has 7 nitrogen and oxygen atoms in total. The molecular formula is C12H12N6OS. The summed E-state index contributed by atoms with van der Waals surface area (Å²) in [5, 5.41) is 10.9. The summed E-state index contributed by atoms with van der Waals surface area (Å²) in [5.41, 5.74) is 7.05. The summed E-state index contributed by atoms with van der Waals surface area (Å²) in [6.07, 6.45) is 3.35. The lowest BCUT2D eigenvalue weighted by atomic mass is 10.2. The minimum Gasteiger partial charge on any atom is -0.375 e. The van der Waals surface area contributed by atoms with Crippen molar-refractivity contribution in [2.24, 2.45) is 0 Å². The molecule has 0 unspecified atom stereocenters. The van der Waals surface area contributed by atoms with Crippen molar-refractivity contribution in [3.05, 3.63) is 36.2 Å². The second kappa shape index (κ2) is 5.25. The van der Waals surface area contributed by atoms with Gasteiger partial charge < -0.3 is 11.1 Å². The zero-order valence-corrected chi connectivity index (χ0v) is 11.3. The molecular weight excluding hydrogens is 276 g/mol. The summed E-state index contributed by atoms with van der Waals surface area (Å²) in [4.78, 5) is 16.2. The number of hydrogen-bond donors (Lipinski definition) is 2. The number of nitrogens with two attached hydrogens (primary N) is 1. The highest BCUT2D eigenvalue weighted by atomic mass is 32.1. The van der Waals surface area contributed by atoms with E-state index >= 15 is 0 Å². The number of nitrogens with zero attached hydrogens (tertiary/aromatic N) is 4. The molecule has 2 aromatic heterocycles. The second-order valence-electron chi connectivity index (χ2n) is 4.16. The zero-order chi connectivity index (χ0) is 13.9. The van der Waals surface area contributed by atoms with E-state index < -0.39 is 0 Å². The number of anilines is 1. The van der Waals surface area contributed by atoms with Crippen molar-refractivity contribution in [1.82, 2.24) is 25.3 Å². The Labute approximate surface area is 118 Å². The number of benzene rings is 1. The summed E-state index contributed by atoms with van der Waals surface area (Å²) in [6.45, 7) is 1.08. The molecule has 0 aliphatic heterocycles. The fraction of sp³-hybridized carbons (Fsp3) is 0.167. The number of fused-ring (bicyclic) bond motifs is 1. The van der Waals surface area contributed by atoms with Gasteiger partial charge in [0.1, 0.15) is 0 Å². The van der Waals surface area contributed by atoms with Crippen molar-refractivity contribution in [1.29, 1.82) is 0 Å². The highest BCUT2D eigenvalue weighted by Gasteiger charge is 2.08. The molecule has 0 aliphatic rings. The van der Waals surface area contributed by atoms with Crippen LogP contribution in [0.5, 0.6) is 0 Å². The van der Waals surface area contributed by atoms with Gasteiger partial charge in [-0.15, -0.1) is 5.10 Å². The SMILES string of the molecule is Nc1nc2ccc(C(=O)NCCn3ccnn3)cc2s1. The van der Waals surface area contributed by atoms with Crippen LogP contribution >= 0.6 is 11.3 Å². The summed E-state index contributed by atoms with van der Waals surface area (Å²) in [6, 6.07) is 5.34. The Bertz CT molecular complexity index is 736. The Morgan fingerprint density at radius 2 is 2.35 bits per heavy atom. The van der Waals surface area contributed by atoms with E-state index in [2.05, 4.69) is 20.6 Å². The van der Waals surface area contributed by atoms with E-state index in [9.17, 15) is 4.79 Å². The lowest BCUT2D eigenvalue weighted by Crippen LogP contribution is -2.27. The number of nitrogen functional groups attached to an aromatic ring is 1. The van der Waals surface area contributed by atoms with Crippen LogP contribution in [0.4, 0.5) is 5.13 Å². The van der Waals surface area contributed by atoms with Crippen molar-refractivity contribution < 1.29 is 4.79 Å². The van der Waals surface area contributed by atoms with Crippen molar-refractivity contribution in [3.63, 3.8) is 0 Å². The monoisotopic (exact) mass is 288 g/mol. The quantitative estimate of drug-likeness (QED) is 0.743. The van der Waals surface area contributed by atoms with Crippen LogP contribution in [0.15, 0.2) is 30.6 Å². The minimum absolute atomic E-state index is 0.126. The molecule has 0 saturated carbocycles. The second-order valence-corrected chi connectivity index (χ2v) is 5.22. The van der Waals surface area contributed by atoms with Gasteiger partial charge in [-0.3, -0.25) is 9.48 Å². The van der Waals surface area contributed by atoms with Crippen LogP contribution in [0, 0.1) is 0 Å². The standard InChI is InChI=1S/C12H12N6OS/c13-12-16-9-2-1-8(7-10(9)20-12)11(19)14-3-5-18-6-4-15-17-18/h1-2,4,6-7H,3,5H2,(H2,13,16)(H,14,19). The molecule has 3 rings (SSSR count). The molecule has 8 heteroatoms. The number of thiazole rings is 1. The molecule has 0 fully saturated rings. The average molecular weight is 288 g/mol. The summed E-state index contributed by atoms with van der Waals surface area (Å²) < 4.78 is 2.57. The molecule has 0 radical (unpaired) electrons. The van der Waals surface area contributed by atoms with Crippen LogP contribution in [0.2, 0.25) is 0 Å². The van der Waals surface area contributed by atoms with Crippen LogP contribution in [-0.4, -0.2) is 32.4 Å². The van der Waals surface area contributed by atoms with E-state index in [0.717, 1.165) is 10.2 Å². The Kier molecular flexibility index (Phi) is 3.30. The van der Waals surface area contributed by atoms with Crippen molar-refractivity contribution in [2.45, 2.75) is 6.54 Å². The molecule has 1 aromatic carbocycles. The molecule has 102 valence electrons. The van der Waals surface area contributed by atoms with Crippen LogP contribution < -0.4 is 11.1 Å². The van der Waals surface area contributed by atoms with E-state index in [1.165, 1.54) is 11.3 Å². The Morgan fingerprint density at radius 3 is 3.15 bits per heavy atom. The van der Waals surface area contributed by atoms with Crippen molar-refractivity contribution >= 4 is 32.6 Å². The van der Waals surface area contributed by atoms with E-state index in [0.29, 0.717) is 23.8 Å². The fourth-order valence-corrected chi connectivity index (χ4v) is 2.60. The summed E-state index contributed by atoms with van der Waals surface area (Å²) in [5.74, 6) is -0.126. The van der Waals surface area contributed by atoms with Gasteiger partial charge in [0, 0.05) is 18.3 Å². The first-order valence-corrected chi connectivity index (χ1v) is 6.82. The number of aromatic nitrogens is 4. The first-order chi connectivity index (χ1) is 9.72. The predicted octanol–water partition coefficient (Wildman–Crippen LogP) is 0.900. The van der Waals surface area contributed by atoms with Gasteiger partial charge in [0.05, 0.1) is 23.0 Å². The third-order valence-corrected chi connectivity index (χ3v) is 3.61. The molecule has 2 heterocycles. The van der Waals surface area contributed by atoms with Crippen molar-refractivity contribution in [3.8, 4) is 0 Å². The van der Waals surface area contributed by atoms with Gasteiger partial charge in [-0.1, -0.05) is 16.6 Å². The normalized spacial score (nSPS) is 10.8. The maximum Gasteiger partial charge on any atom is 0.251 e. The summed E-state index contributed by atoms with van der Waals surface area (Å²) >= 11 is 1.37. The topological polar surface area (TPSA) is 98.7 Å². The van der Waals surface area contributed by atoms with Gasteiger partial charge in [0.2, 0.25) is 0 Å². The lowest BCUT2D eigenvalue weighted by molar-refractivity contribution is 0.0952. The van der Waals surface area contributed by atoms with Crippen LogP contribution in [0.1, 0.15) is 10.4 Å². The van der Waals surface area contributed by atoms with Gasteiger partial charge in [0.15, 0.2) is 5.13 Å². The Balaban J connectivity index is 1.65. The number of rotatable bonds is 4. The van der Waals surface area contributed by atoms with Crippen LogP contribution in [0.3, 0.4) is 0 Å². The number of carbonyl (C=O) groups is 1. The van der Waals surface area contributed by atoms with Gasteiger partial charge >= 0.3 is 0 Å². The number of nitrogens with one attached hydrogen (secondary N) is 1. The van der Waals surface area contributed by atoms with E-state index in [4.69, 9.17) is 5.73 Å². The molecule has 0 aliphatic carbocycles. The first-order valence-electron chi connectivity index (χ1n) is 6.01. The summed E-state index contributed by atoms with van der Waals surface area (Å²) in [7, 11) is 0. The van der Waals surface area contributed by atoms with Gasteiger partial charge in [-0.25, -0.2) is 4.98 Å².